The summed E-state index contributed by atoms with van der Waals surface area (Å²) in [6.07, 6.45) is 4.53. The molecule has 6 nitrogen and oxygen atoms in total. The number of benzene rings is 2. The molecule has 1 aliphatic rings. The molecule has 2 aromatic carbocycles. The number of carboxylic acid groups (broad SMARTS) is 1. The van der Waals surface area contributed by atoms with E-state index in [9.17, 15) is 13.2 Å². The highest BCUT2D eigenvalue weighted by molar-refractivity contribution is 7.89. The van der Waals surface area contributed by atoms with Crippen LogP contribution in [0.15, 0.2) is 47.4 Å². The number of hydrogen-bond acceptors (Lipinski definition) is 3. The molecule has 1 amide bonds. The maximum atomic E-state index is 13.4. The molecule has 2 aromatic rings. The van der Waals surface area contributed by atoms with Crippen LogP contribution in [0.25, 0.3) is 10.8 Å². The third-order valence-electron chi connectivity index (χ3n) is 6.09. The van der Waals surface area contributed by atoms with Gasteiger partial charge in [-0.3, -0.25) is 0 Å². The fourth-order valence-corrected chi connectivity index (χ4v) is 5.85. The Kier molecular flexibility index (Phi) is 7.72. The molecule has 0 saturated heterocycles. The molecule has 3 rings (SSSR count). The van der Waals surface area contributed by atoms with E-state index in [1.165, 1.54) is 0 Å². The average Bonchev–Trinajstić information content (AvgIpc) is 2.75. The molecule has 1 saturated carbocycles. The molecule has 0 aromatic heterocycles. The average molecular weight is 433 g/mol. The molecule has 0 heterocycles. The molecule has 2 N–H and O–H groups in total. The molecule has 164 valence electrons. The minimum absolute atomic E-state index is 0.318. The van der Waals surface area contributed by atoms with Crippen LogP contribution in [-0.4, -0.2) is 43.6 Å². The normalized spacial score (nSPS) is 19.8. The number of carbonyl (C=O) groups is 1. The second-order valence-electron chi connectivity index (χ2n) is 8.30. The summed E-state index contributed by atoms with van der Waals surface area (Å²) in [5.74, 6) is 0.664. The smallest absolute Gasteiger partial charge is 0.404 e. The van der Waals surface area contributed by atoms with Crippen molar-refractivity contribution in [3.63, 3.8) is 0 Å². The van der Waals surface area contributed by atoms with E-state index in [0.29, 0.717) is 36.4 Å². The molecule has 1 fully saturated rings. The van der Waals surface area contributed by atoms with Crippen molar-refractivity contribution in [3.8, 4) is 0 Å². The maximum Gasteiger partial charge on any atom is 0.404 e. The minimum Gasteiger partial charge on any atom is -0.465 e. The lowest BCUT2D eigenvalue weighted by Crippen LogP contribution is -2.38. The van der Waals surface area contributed by atoms with Crippen molar-refractivity contribution >= 4 is 26.9 Å². The van der Waals surface area contributed by atoms with E-state index in [2.05, 4.69) is 12.2 Å². The van der Waals surface area contributed by atoms with Crippen LogP contribution in [0.5, 0.6) is 0 Å². The number of nitrogens with zero attached hydrogens (tertiary/aromatic N) is 1. The highest BCUT2D eigenvalue weighted by atomic mass is 32.2. The molecule has 0 spiro atoms. The number of fused-ring (bicyclic) bond motifs is 1. The summed E-state index contributed by atoms with van der Waals surface area (Å²) in [6, 6.07) is 13.2. The van der Waals surface area contributed by atoms with E-state index in [-0.39, 0.29) is 0 Å². The van der Waals surface area contributed by atoms with E-state index in [0.717, 1.165) is 49.3 Å². The largest absolute Gasteiger partial charge is 0.465 e. The summed E-state index contributed by atoms with van der Waals surface area (Å²) < 4.78 is 28.6. The van der Waals surface area contributed by atoms with Gasteiger partial charge in [-0.15, -0.1) is 0 Å². The minimum atomic E-state index is -3.56. The van der Waals surface area contributed by atoms with Crippen molar-refractivity contribution in [3.05, 3.63) is 42.5 Å². The topological polar surface area (TPSA) is 86.7 Å². The summed E-state index contributed by atoms with van der Waals surface area (Å²) in [6.45, 7) is 3.62. The van der Waals surface area contributed by atoms with Crippen molar-refractivity contribution in [2.45, 2.75) is 50.3 Å². The third kappa shape index (κ3) is 5.73. The predicted octanol–water partition coefficient (Wildman–Crippen LogP) is 4.70. The first-order valence-corrected chi connectivity index (χ1v) is 12.3. The summed E-state index contributed by atoms with van der Waals surface area (Å²) >= 11 is 0. The van der Waals surface area contributed by atoms with Gasteiger partial charge in [0.1, 0.15) is 0 Å². The Labute approximate surface area is 179 Å². The van der Waals surface area contributed by atoms with Crippen LogP contribution in [0.2, 0.25) is 0 Å². The number of nitrogens with one attached hydrogen (secondary N) is 1. The lowest BCUT2D eigenvalue weighted by Gasteiger charge is -2.32. The van der Waals surface area contributed by atoms with Gasteiger partial charge in [0.25, 0.3) is 0 Å². The van der Waals surface area contributed by atoms with Crippen molar-refractivity contribution in [1.29, 1.82) is 0 Å². The highest BCUT2D eigenvalue weighted by Crippen LogP contribution is 2.31. The number of unbranched alkanes of at least 4 members (excludes halogenated alkanes) is 1. The molecular formula is C23H32N2O4S. The number of hydrogen-bond donors (Lipinski definition) is 2. The van der Waals surface area contributed by atoms with Gasteiger partial charge in [0.05, 0.1) is 4.90 Å². The molecule has 30 heavy (non-hydrogen) atoms. The van der Waals surface area contributed by atoms with Crippen LogP contribution in [0, 0.1) is 11.8 Å². The van der Waals surface area contributed by atoms with Crippen molar-refractivity contribution in [2.24, 2.45) is 11.8 Å². The van der Waals surface area contributed by atoms with E-state index in [1.54, 1.807) is 16.4 Å². The standard InChI is InChI=1S/C23H32N2O4S/c1-2-3-14-25(17-19-10-8-18(9-11-19)16-24-23(26)27)30(28,29)22-13-12-20-6-4-5-7-21(20)15-22/h4-7,12-13,15,18-19,24H,2-3,8-11,14,16-17H2,1H3,(H,26,27)/t18-,19-. The number of amides is 1. The second kappa shape index (κ2) is 10.3. The van der Waals surface area contributed by atoms with Crippen molar-refractivity contribution in [1.82, 2.24) is 9.62 Å². The van der Waals surface area contributed by atoms with Gasteiger partial charge in [-0.1, -0.05) is 43.7 Å². The van der Waals surface area contributed by atoms with E-state index >= 15 is 0 Å². The molecule has 0 bridgehead atoms. The summed E-state index contributed by atoms with van der Waals surface area (Å²) in [5.41, 5.74) is 0. The predicted molar refractivity (Wildman–Crippen MR) is 119 cm³/mol. The Balaban J connectivity index is 1.70. The van der Waals surface area contributed by atoms with E-state index in [1.807, 2.05) is 30.3 Å². The first kappa shape index (κ1) is 22.6. The summed E-state index contributed by atoms with van der Waals surface area (Å²) in [5, 5.41) is 13.2. The SMILES string of the molecule is CCCCN(C[C@H]1CC[C@H](CNC(=O)O)CC1)S(=O)(=O)c1ccc2ccccc2c1. The van der Waals surface area contributed by atoms with Gasteiger partial charge < -0.3 is 10.4 Å². The number of rotatable bonds is 9. The fraction of sp³-hybridized carbons (Fsp3) is 0.522. The lowest BCUT2D eigenvalue weighted by atomic mass is 9.82. The van der Waals surface area contributed by atoms with Gasteiger partial charge in [0, 0.05) is 19.6 Å². The summed E-state index contributed by atoms with van der Waals surface area (Å²) in [7, 11) is -3.56. The highest BCUT2D eigenvalue weighted by Gasteiger charge is 2.29. The van der Waals surface area contributed by atoms with Gasteiger partial charge >= 0.3 is 6.09 Å². The first-order chi connectivity index (χ1) is 14.4. The van der Waals surface area contributed by atoms with Crippen molar-refractivity contribution in [2.75, 3.05) is 19.6 Å². The molecule has 1 aliphatic carbocycles. The fourth-order valence-electron chi connectivity index (χ4n) is 4.26. The van der Waals surface area contributed by atoms with Crippen LogP contribution in [0.1, 0.15) is 45.4 Å². The third-order valence-corrected chi connectivity index (χ3v) is 7.95. The van der Waals surface area contributed by atoms with Crippen molar-refractivity contribution < 1.29 is 18.3 Å². The molecule has 0 aliphatic heterocycles. The molecule has 0 radical (unpaired) electrons. The molecular weight excluding hydrogens is 400 g/mol. The van der Waals surface area contributed by atoms with E-state index < -0.39 is 16.1 Å². The lowest BCUT2D eigenvalue weighted by molar-refractivity contribution is 0.185. The van der Waals surface area contributed by atoms with Gasteiger partial charge in [-0.2, -0.15) is 4.31 Å². The van der Waals surface area contributed by atoms with Crippen LogP contribution in [0.3, 0.4) is 0 Å². The number of sulfonamides is 1. The quantitative estimate of drug-likeness (QED) is 0.601. The van der Waals surface area contributed by atoms with Gasteiger partial charge in [-0.25, -0.2) is 13.2 Å². The molecule has 0 atom stereocenters. The second-order valence-corrected chi connectivity index (χ2v) is 10.2. The van der Waals surface area contributed by atoms with Gasteiger partial charge in [0.15, 0.2) is 0 Å². The van der Waals surface area contributed by atoms with Crippen LogP contribution in [0.4, 0.5) is 4.79 Å². The zero-order valence-electron chi connectivity index (χ0n) is 17.6. The van der Waals surface area contributed by atoms with E-state index in [4.69, 9.17) is 5.11 Å². The Bertz CT molecular complexity index is 953. The molecule has 7 heteroatoms. The Morgan fingerprint density at radius 2 is 1.73 bits per heavy atom. The zero-order valence-corrected chi connectivity index (χ0v) is 18.4. The monoisotopic (exact) mass is 432 g/mol. The Morgan fingerprint density at radius 3 is 2.40 bits per heavy atom. The van der Waals surface area contributed by atoms with Crippen LogP contribution < -0.4 is 5.32 Å². The summed E-state index contributed by atoms with van der Waals surface area (Å²) in [4.78, 5) is 11.1. The maximum absolute atomic E-state index is 13.4. The zero-order chi connectivity index (χ0) is 21.6. The Morgan fingerprint density at radius 1 is 1.07 bits per heavy atom. The van der Waals surface area contributed by atoms with Crippen LogP contribution >= 0.6 is 0 Å². The van der Waals surface area contributed by atoms with Crippen LogP contribution in [-0.2, 0) is 10.0 Å². The molecule has 0 unspecified atom stereocenters. The van der Waals surface area contributed by atoms with Gasteiger partial charge in [0.2, 0.25) is 10.0 Å². The van der Waals surface area contributed by atoms with Gasteiger partial charge in [-0.05, 0) is 66.8 Å². The Hall–Kier alpha value is -2.12. The first-order valence-electron chi connectivity index (χ1n) is 10.9.